The highest BCUT2D eigenvalue weighted by molar-refractivity contribution is 5.96. The van der Waals surface area contributed by atoms with Crippen LogP contribution in [0.4, 0.5) is 0 Å². The molecule has 1 heterocycles. The van der Waals surface area contributed by atoms with Crippen LogP contribution in [0.1, 0.15) is 18.9 Å². The fourth-order valence-corrected chi connectivity index (χ4v) is 1.16. The molecule has 86 valence electrons. The second-order valence-electron chi connectivity index (χ2n) is 3.36. The van der Waals surface area contributed by atoms with E-state index in [9.17, 15) is 9.59 Å². The summed E-state index contributed by atoms with van der Waals surface area (Å²) < 4.78 is 4.95. The van der Waals surface area contributed by atoms with Crippen molar-refractivity contribution in [3.8, 4) is 5.88 Å². The first-order chi connectivity index (χ1) is 7.61. The smallest absolute Gasteiger partial charge is 0.227 e. The fourth-order valence-electron chi connectivity index (χ4n) is 1.16. The van der Waals surface area contributed by atoms with Gasteiger partial charge in [0, 0.05) is 18.8 Å². The number of hydrogen-bond donors (Lipinski definition) is 1. The van der Waals surface area contributed by atoms with Gasteiger partial charge in [0.1, 0.15) is 5.78 Å². The van der Waals surface area contributed by atoms with Gasteiger partial charge in [-0.25, -0.2) is 4.98 Å². The van der Waals surface area contributed by atoms with Crippen molar-refractivity contribution in [3.63, 3.8) is 0 Å². The van der Waals surface area contributed by atoms with E-state index in [2.05, 4.69) is 10.3 Å². The lowest BCUT2D eigenvalue weighted by Crippen LogP contribution is -2.24. The van der Waals surface area contributed by atoms with Gasteiger partial charge in [-0.2, -0.15) is 0 Å². The van der Waals surface area contributed by atoms with Crippen molar-refractivity contribution in [2.24, 2.45) is 0 Å². The maximum Gasteiger partial charge on any atom is 0.227 e. The normalized spacial score (nSPS) is 9.62. The molecule has 16 heavy (non-hydrogen) atoms. The van der Waals surface area contributed by atoms with Gasteiger partial charge < -0.3 is 10.1 Å². The summed E-state index contributed by atoms with van der Waals surface area (Å²) >= 11 is 0. The van der Waals surface area contributed by atoms with E-state index in [4.69, 9.17) is 4.74 Å². The van der Waals surface area contributed by atoms with Crippen LogP contribution in [0.2, 0.25) is 0 Å². The van der Waals surface area contributed by atoms with E-state index in [1.165, 1.54) is 14.0 Å². The Morgan fingerprint density at radius 2 is 2.25 bits per heavy atom. The van der Waals surface area contributed by atoms with E-state index in [1.807, 2.05) is 0 Å². The number of nitrogens with zero attached hydrogens (tertiary/aromatic N) is 1. The lowest BCUT2D eigenvalue weighted by Gasteiger charge is -2.05. The zero-order valence-electron chi connectivity index (χ0n) is 9.32. The Kier molecular flexibility index (Phi) is 4.44. The molecule has 1 amide bonds. The van der Waals surface area contributed by atoms with E-state index in [0.717, 1.165) is 5.56 Å². The quantitative estimate of drug-likeness (QED) is 0.744. The van der Waals surface area contributed by atoms with Crippen molar-refractivity contribution in [3.05, 3.63) is 23.9 Å². The first-order valence-corrected chi connectivity index (χ1v) is 4.87. The monoisotopic (exact) mass is 222 g/mol. The molecule has 0 saturated heterocycles. The van der Waals surface area contributed by atoms with Gasteiger partial charge in [0.2, 0.25) is 11.8 Å². The summed E-state index contributed by atoms with van der Waals surface area (Å²) in [6.07, 6.45) is 1.52. The van der Waals surface area contributed by atoms with Crippen molar-refractivity contribution in [1.82, 2.24) is 10.3 Å². The predicted molar refractivity (Wildman–Crippen MR) is 57.9 cm³/mol. The average Bonchev–Trinajstić information content (AvgIpc) is 2.26. The number of carbonyl (C=O) groups excluding carboxylic acids is 2. The molecule has 0 spiro atoms. The van der Waals surface area contributed by atoms with Gasteiger partial charge >= 0.3 is 0 Å². The minimum Gasteiger partial charge on any atom is -0.481 e. The van der Waals surface area contributed by atoms with E-state index >= 15 is 0 Å². The maximum absolute atomic E-state index is 11.2. The first-order valence-electron chi connectivity index (χ1n) is 4.87. The van der Waals surface area contributed by atoms with Crippen LogP contribution in [-0.4, -0.2) is 23.8 Å². The van der Waals surface area contributed by atoms with Gasteiger partial charge in [0.05, 0.1) is 13.5 Å². The minimum absolute atomic E-state index is 0.0811. The van der Waals surface area contributed by atoms with Gasteiger partial charge in [-0.05, 0) is 18.6 Å². The molecule has 1 N–H and O–H groups in total. The molecule has 5 heteroatoms. The second kappa shape index (κ2) is 5.85. The number of carbonyl (C=O) groups is 2. The number of methoxy groups -OCH3 is 1. The van der Waals surface area contributed by atoms with Crippen molar-refractivity contribution in [2.45, 2.75) is 19.9 Å². The van der Waals surface area contributed by atoms with Crippen molar-refractivity contribution in [1.29, 1.82) is 0 Å². The number of hydrogen-bond acceptors (Lipinski definition) is 4. The van der Waals surface area contributed by atoms with Crippen LogP contribution in [-0.2, 0) is 16.1 Å². The largest absolute Gasteiger partial charge is 0.481 e. The first kappa shape index (κ1) is 12.2. The van der Waals surface area contributed by atoms with Gasteiger partial charge in [-0.1, -0.05) is 0 Å². The SMILES string of the molecule is COc1cc(CNC(=O)CC(C)=O)ccn1. The predicted octanol–water partition coefficient (Wildman–Crippen LogP) is 0.685. The highest BCUT2D eigenvalue weighted by atomic mass is 16.5. The number of ether oxygens (including phenoxy) is 1. The lowest BCUT2D eigenvalue weighted by atomic mass is 10.2. The molecule has 1 rings (SSSR count). The molecule has 1 aromatic heterocycles. The topological polar surface area (TPSA) is 68.3 Å². The molecule has 0 bridgehead atoms. The highest BCUT2D eigenvalue weighted by Gasteiger charge is 2.04. The van der Waals surface area contributed by atoms with E-state index < -0.39 is 0 Å². The third kappa shape index (κ3) is 4.08. The summed E-state index contributed by atoms with van der Waals surface area (Å²) in [5.74, 6) is 0.0754. The van der Waals surface area contributed by atoms with Crippen LogP contribution in [0.25, 0.3) is 0 Å². The zero-order chi connectivity index (χ0) is 12.0. The minimum atomic E-state index is -0.275. The summed E-state index contributed by atoms with van der Waals surface area (Å²) in [4.78, 5) is 25.8. The second-order valence-corrected chi connectivity index (χ2v) is 3.36. The van der Waals surface area contributed by atoms with E-state index in [-0.39, 0.29) is 18.1 Å². The molecule has 0 aromatic carbocycles. The van der Waals surface area contributed by atoms with Gasteiger partial charge in [-0.15, -0.1) is 0 Å². The summed E-state index contributed by atoms with van der Waals surface area (Å²) in [6.45, 7) is 1.75. The number of ketones is 1. The van der Waals surface area contributed by atoms with Gasteiger partial charge in [0.25, 0.3) is 0 Å². The molecular weight excluding hydrogens is 208 g/mol. The number of aromatic nitrogens is 1. The van der Waals surface area contributed by atoms with Crippen molar-refractivity contribution < 1.29 is 14.3 Å². The molecule has 0 aliphatic heterocycles. The molecule has 0 fully saturated rings. The summed E-state index contributed by atoms with van der Waals surface area (Å²) in [5, 5.41) is 2.64. The Balaban J connectivity index is 2.47. The van der Waals surface area contributed by atoms with Crippen LogP contribution < -0.4 is 10.1 Å². The Morgan fingerprint density at radius 1 is 1.50 bits per heavy atom. The van der Waals surface area contributed by atoms with Crippen molar-refractivity contribution in [2.75, 3.05) is 7.11 Å². The van der Waals surface area contributed by atoms with Crippen molar-refractivity contribution >= 4 is 11.7 Å². The third-order valence-electron chi connectivity index (χ3n) is 1.91. The highest BCUT2D eigenvalue weighted by Crippen LogP contribution is 2.07. The molecule has 0 saturated carbocycles. The molecule has 0 aliphatic rings. The Hall–Kier alpha value is -1.91. The van der Waals surface area contributed by atoms with Crippen LogP contribution in [0.15, 0.2) is 18.3 Å². The molecule has 0 atom stereocenters. The lowest BCUT2D eigenvalue weighted by molar-refractivity contribution is -0.127. The molecular formula is C11H14N2O3. The standard InChI is InChI=1S/C11H14N2O3/c1-8(14)5-10(15)13-7-9-3-4-12-11(6-9)16-2/h3-4,6H,5,7H2,1-2H3,(H,13,15). The molecule has 0 unspecified atom stereocenters. The molecule has 5 nitrogen and oxygen atoms in total. The van der Waals surface area contributed by atoms with Gasteiger partial charge in [-0.3, -0.25) is 9.59 Å². The van der Waals surface area contributed by atoms with Crippen LogP contribution >= 0.6 is 0 Å². The maximum atomic E-state index is 11.2. The summed E-state index contributed by atoms with van der Waals surface area (Å²) in [7, 11) is 1.53. The van der Waals surface area contributed by atoms with Gasteiger partial charge in [0.15, 0.2) is 0 Å². The number of rotatable bonds is 5. The van der Waals surface area contributed by atoms with E-state index in [0.29, 0.717) is 12.4 Å². The van der Waals surface area contributed by atoms with E-state index in [1.54, 1.807) is 18.3 Å². The molecule has 0 aliphatic carbocycles. The fraction of sp³-hybridized carbons (Fsp3) is 0.364. The van der Waals surface area contributed by atoms with Crippen LogP contribution in [0, 0.1) is 0 Å². The third-order valence-corrected chi connectivity index (χ3v) is 1.91. The Labute approximate surface area is 93.8 Å². The van der Waals surface area contributed by atoms with Crippen LogP contribution in [0.3, 0.4) is 0 Å². The zero-order valence-corrected chi connectivity index (χ0v) is 9.32. The number of pyridine rings is 1. The van der Waals surface area contributed by atoms with Crippen LogP contribution in [0.5, 0.6) is 5.88 Å². The summed E-state index contributed by atoms with van der Waals surface area (Å²) in [6, 6.07) is 3.50. The Bertz CT molecular complexity index is 391. The average molecular weight is 222 g/mol. The number of amides is 1. The molecule has 1 aromatic rings. The number of nitrogens with one attached hydrogen (secondary N) is 1. The summed E-state index contributed by atoms with van der Waals surface area (Å²) in [5.41, 5.74) is 0.878. The molecule has 0 radical (unpaired) electrons. The number of Topliss-reactive ketones (excluding diaryl/α,β-unsaturated/α-hetero) is 1. The Morgan fingerprint density at radius 3 is 2.88 bits per heavy atom.